The van der Waals surface area contributed by atoms with Crippen molar-refractivity contribution in [2.45, 2.75) is 11.8 Å². The van der Waals surface area contributed by atoms with Crippen LogP contribution in [0.15, 0.2) is 34.8 Å². The Labute approximate surface area is 133 Å². The van der Waals surface area contributed by atoms with E-state index in [0.29, 0.717) is 5.75 Å². The molecule has 0 spiro atoms. The zero-order valence-electron chi connectivity index (χ0n) is 10.9. The van der Waals surface area contributed by atoms with Crippen LogP contribution in [0.25, 0.3) is 0 Å². The molecule has 5 heteroatoms. The predicted molar refractivity (Wildman–Crippen MR) is 82.6 cm³/mol. The average Bonchev–Trinajstić information content (AvgIpc) is 2.42. The summed E-state index contributed by atoms with van der Waals surface area (Å²) in [7, 11) is 1.54. The molecule has 0 bridgehead atoms. The third-order valence-electron chi connectivity index (χ3n) is 3.02. The highest BCUT2D eigenvalue weighted by Crippen LogP contribution is 2.39. The highest BCUT2D eigenvalue weighted by atomic mass is 79.9. The minimum Gasteiger partial charge on any atom is -0.496 e. The van der Waals surface area contributed by atoms with Gasteiger partial charge in [0.2, 0.25) is 0 Å². The van der Waals surface area contributed by atoms with Gasteiger partial charge >= 0.3 is 0 Å². The van der Waals surface area contributed by atoms with Gasteiger partial charge in [-0.05, 0) is 36.8 Å². The summed E-state index contributed by atoms with van der Waals surface area (Å²) in [6.07, 6.45) is 0. The van der Waals surface area contributed by atoms with Crippen molar-refractivity contribution in [1.29, 1.82) is 0 Å². The summed E-state index contributed by atoms with van der Waals surface area (Å²) in [6, 6.07) is 7.83. The SMILES string of the molecule is COc1cc(Br)ccc1C(Br)c1cc(F)c(C)cc1F. The molecule has 106 valence electrons. The van der Waals surface area contributed by atoms with E-state index in [4.69, 9.17) is 4.74 Å². The number of alkyl halides is 1. The minimum absolute atomic E-state index is 0.244. The lowest BCUT2D eigenvalue weighted by Gasteiger charge is -2.16. The molecule has 0 saturated carbocycles. The van der Waals surface area contributed by atoms with Crippen molar-refractivity contribution in [3.63, 3.8) is 0 Å². The lowest BCUT2D eigenvalue weighted by atomic mass is 10.0. The summed E-state index contributed by atoms with van der Waals surface area (Å²) in [5.74, 6) is -0.278. The molecule has 0 aliphatic heterocycles. The van der Waals surface area contributed by atoms with E-state index >= 15 is 0 Å². The molecule has 1 nitrogen and oxygen atoms in total. The number of benzene rings is 2. The lowest BCUT2D eigenvalue weighted by molar-refractivity contribution is 0.410. The first-order chi connectivity index (χ1) is 9.43. The van der Waals surface area contributed by atoms with Gasteiger partial charge < -0.3 is 4.74 Å². The van der Waals surface area contributed by atoms with Gasteiger partial charge in [0, 0.05) is 15.6 Å². The summed E-state index contributed by atoms with van der Waals surface area (Å²) in [6.45, 7) is 1.53. The van der Waals surface area contributed by atoms with Crippen LogP contribution in [0.3, 0.4) is 0 Å². The Morgan fingerprint density at radius 3 is 2.40 bits per heavy atom. The second-order valence-corrected chi connectivity index (χ2v) is 6.20. The van der Waals surface area contributed by atoms with Crippen molar-refractivity contribution in [1.82, 2.24) is 0 Å². The van der Waals surface area contributed by atoms with E-state index in [1.54, 1.807) is 12.1 Å². The second kappa shape index (κ2) is 6.22. The first-order valence-electron chi connectivity index (χ1n) is 5.87. The zero-order chi connectivity index (χ0) is 14.9. The van der Waals surface area contributed by atoms with Crippen molar-refractivity contribution >= 4 is 31.9 Å². The second-order valence-electron chi connectivity index (χ2n) is 4.37. The molecule has 2 aromatic rings. The molecule has 0 aliphatic rings. The van der Waals surface area contributed by atoms with Crippen LogP contribution in [0.1, 0.15) is 21.5 Å². The maximum absolute atomic E-state index is 14.0. The van der Waals surface area contributed by atoms with Crippen LogP contribution < -0.4 is 4.74 Å². The van der Waals surface area contributed by atoms with Gasteiger partial charge in [-0.1, -0.05) is 37.9 Å². The zero-order valence-corrected chi connectivity index (χ0v) is 14.1. The lowest BCUT2D eigenvalue weighted by Crippen LogP contribution is -2.01. The van der Waals surface area contributed by atoms with Crippen LogP contribution in [0.2, 0.25) is 0 Å². The number of halogens is 4. The van der Waals surface area contributed by atoms with Gasteiger partial charge in [-0.3, -0.25) is 0 Å². The molecule has 0 amide bonds. The van der Waals surface area contributed by atoms with Gasteiger partial charge in [-0.2, -0.15) is 0 Å². The van der Waals surface area contributed by atoms with E-state index in [9.17, 15) is 8.78 Å². The van der Waals surface area contributed by atoms with Gasteiger partial charge in [0.25, 0.3) is 0 Å². The quantitative estimate of drug-likeness (QED) is 0.610. The normalized spacial score (nSPS) is 12.3. The first kappa shape index (κ1) is 15.4. The monoisotopic (exact) mass is 404 g/mol. The Morgan fingerprint density at radius 1 is 1.05 bits per heavy atom. The Kier molecular flexibility index (Phi) is 4.81. The number of hydrogen-bond acceptors (Lipinski definition) is 1. The first-order valence-corrected chi connectivity index (χ1v) is 7.58. The molecular formula is C15H12Br2F2O. The van der Waals surface area contributed by atoms with E-state index in [-0.39, 0.29) is 11.1 Å². The van der Waals surface area contributed by atoms with Crippen LogP contribution in [-0.4, -0.2) is 7.11 Å². The van der Waals surface area contributed by atoms with Crippen molar-refractivity contribution in [2.24, 2.45) is 0 Å². The Morgan fingerprint density at radius 2 is 1.75 bits per heavy atom. The molecule has 1 atom stereocenters. The number of hydrogen-bond donors (Lipinski definition) is 0. The summed E-state index contributed by atoms with van der Waals surface area (Å²) in [5.41, 5.74) is 1.26. The predicted octanol–water partition coefficient (Wildman–Crippen LogP) is 5.53. The topological polar surface area (TPSA) is 9.23 Å². The van der Waals surface area contributed by atoms with Gasteiger partial charge in [-0.15, -0.1) is 0 Å². The molecule has 1 unspecified atom stereocenters. The fraction of sp³-hybridized carbons (Fsp3) is 0.200. The standard InChI is InChI=1S/C15H12Br2F2O/c1-8-5-13(19)11(7-12(8)18)15(17)10-4-3-9(16)6-14(10)20-2/h3-7,15H,1-2H3. The van der Waals surface area contributed by atoms with Crippen LogP contribution in [0.4, 0.5) is 8.78 Å². The molecule has 0 fully saturated rings. The highest BCUT2D eigenvalue weighted by Gasteiger charge is 2.20. The molecule has 2 aromatic carbocycles. The fourth-order valence-corrected chi connectivity index (χ4v) is 2.99. The minimum atomic E-state index is -0.486. The van der Waals surface area contributed by atoms with Crippen LogP contribution in [-0.2, 0) is 0 Å². The van der Waals surface area contributed by atoms with E-state index in [1.807, 2.05) is 6.07 Å². The van der Waals surface area contributed by atoms with Crippen LogP contribution >= 0.6 is 31.9 Å². The molecule has 0 aliphatic carbocycles. The third-order valence-corrected chi connectivity index (χ3v) is 4.50. The number of aryl methyl sites for hydroxylation is 1. The van der Waals surface area contributed by atoms with Gasteiger partial charge in [-0.25, -0.2) is 8.78 Å². The highest BCUT2D eigenvalue weighted by molar-refractivity contribution is 9.10. The third kappa shape index (κ3) is 3.04. The summed E-state index contributed by atoms with van der Waals surface area (Å²) >= 11 is 6.77. The summed E-state index contributed by atoms with van der Waals surface area (Å²) in [4.78, 5) is -0.486. The number of rotatable bonds is 3. The summed E-state index contributed by atoms with van der Waals surface area (Å²) in [5, 5.41) is 0. The smallest absolute Gasteiger partial charge is 0.128 e. The molecular weight excluding hydrogens is 394 g/mol. The van der Waals surface area contributed by atoms with Crippen molar-refractivity contribution in [3.8, 4) is 5.75 Å². The maximum atomic E-state index is 14.0. The average molecular weight is 406 g/mol. The van der Waals surface area contributed by atoms with Gasteiger partial charge in [0.05, 0.1) is 11.9 Å². The maximum Gasteiger partial charge on any atom is 0.128 e. The van der Waals surface area contributed by atoms with Gasteiger partial charge in [0.1, 0.15) is 17.4 Å². The Hall–Kier alpha value is -0.940. The Balaban J connectivity index is 2.51. The number of ether oxygens (including phenoxy) is 1. The van der Waals surface area contributed by atoms with Crippen molar-refractivity contribution in [3.05, 3.63) is 63.1 Å². The van der Waals surface area contributed by atoms with Crippen molar-refractivity contribution < 1.29 is 13.5 Å². The van der Waals surface area contributed by atoms with Gasteiger partial charge in [0.15, 0.2) is 0 Å². The number of methoxy groups -OCH3 is 1. The molecule has 0 saturated heterocycles. The fourth-order valence-electron chi connectivity index (χ4n) is 1.92. The van der Waals surface area contributed by atoms with Crippen LogP contribution in [0, 0.1) is 18.6 Å². The molecule has 0 N–H and O–H groups in total. The largest absolute Gasteiger partial charge is 0.496 e. The van der Waals surface area contributed by atoms with E-state index < -0.39 is 16.5 Å². The van der Waals surface area contributed by atoms with Crippen molar-refractivity contribution in [2.75, 3.05) is 7.11 Å². The van der Waals surface area contributed by atoms with E-state index in [0.717, 1.165) is 10.0 Å². The molecule has 0 heterocycles. The molecule has 0 aromatic heterocycles. The molecule has 20 heavy (non-hydrogen) atoms. The molecule has 0 radical (unpaired) electrons. The summed E-state index contributed by atoms with van der Waals surface area (Å²) < 4.78 is 33.8. The van der Waals surface area contributed by atoms with E-state index in [1.165, 1.54) is 26.2 Å². The van der Waals surface area contributed by atoms with E-state index in [2.05, 4.69) is 31.9 Å². The molecule has 2 rings (SSSR count). The van der Waals surface area contributed by atoms with Crippen LogP contribution in [0.5, 0.6) is 5.75 Å². The Bertz CT molecular complexity index is 644.